The summed E-state index contributed by atoms with van der Waals surface area (Å²) in [5.74, 6) is 1.03. The largest absolute Gasteiger partial charge is 0.370 e. The third-order valence-corrected chi connectivity index (χ3v) is 2.51. The summed E-state index contributed by atoms with van der Waals surface area (Å²) >= 11 is 0. The van der Waals surface area contributed by atoms with Crippen molar-refractivity contribution >= 4 is 17.5 Å². The van der Waals surface area contributed by atoms with E-state index < -0.39 is 0 Å². The molecule has 0 aliphatic heterocycles. The minimum atomic E-state index is -0.263. The van der Waals surface area contributed by atoms with Crippen molar-refractivity contribution < 1.29 is 4.39 Å². The van der Waals surface area contributed by atoms with Crippen LogP contribution in [0.4, 0.5) is 21.8 Å². The Morgan fingerprint density at radius 2 is 1.89 bits per heavy atom. The lowest BCUT2D eigenvalue weighted by Gasteiger charge is -2.09. The average Bonchev–Trinajstić information content (AvgIpc) is 2.38. The number of rotatable bonds is 5. The quantitative estimate of drug-likeness (QED) is 0.864. The number of benzene rings is 1. The lowest BCUT2D eigenvalue weighted by molar-refractivity contribution is 0.628. The van der Waals surface area contributed by atoms with Crippen molar-refractivity contribution in [1.29, 1.82) is 0 Å². The average molecular weight is 260 g/mol. The molecule has 0 bridgehead atoms. The Morgan fingerprint density at radius 1 is 1.16 bits per heavy atom. The second-order valence-corrected chi connectivity index (χ2v) is 4.28. The number of halogens is 1. The van der Waals surface area contributed by atoms with E-state index in [9.17, 15) is 4.39 Å². The number of hydrogen-bond acceptors (Lipinski definition) is 4. The van der Waals surface area contributed by atoms with Gasteiger partial charge in [-0.05, 0) is 37.6 Å². The molecule has 0 unspecified atom stereocenters. The van der Waals surface area contributed by atoms with Gasteiger partial charge in [-0.15, -0.1) is 0 Å². The highest BCUT2D eigenvalue weighted by molar-refractivity contribution is 5.55. The van der Waals surface area contributed by atoms with Gasteiger partial charge in [-0.25, -0.2) is 9.37 Å². The summed E-state index contributed by atoms with van der Waals surface area (Å²) in [5, 5.41) is 6.28. The van der Waals surface area contributed by atoms with E-state index in [-0.39, 0.29) is 5.82 Å². The lowest BCUT2D eigenvalue weighted by Crippen LogP contribution is -2.06. The molecule has 2 N–H and O–H groups in total. The molecule has 5 heteroatoms. The first-order valence-corrected chi connectivity index (χ1v) is 6.29. The number of aryl methyl sites for hydroxylation is 1. The van der Waals surface area contributed by atoms with Gasteiger partial charge in [0.15, 0.2) is 0 Å². The van der Waals surface area contributed by atoms with E-state index in [1.807, 2.05) is 13.0 Å². The molecule has 100 valence electrons. The summed E-state index contributed by atoms with van der Waals surface area (Å²) in [6.07, 6.45) is 1.03. The van der Waals surface area contributed by atoms with Crippen molar-refractivity contribution in [3.8, 4) is 0 Å². The molecule has 1 heterocycles. The second kappa shape index (κ2) is 6.13. The molecular formula is C14H17FN4. The lowest BCUT2D eigenvalue weighted by atomic mass is 10.3. The van der Waals surface area contributed by atoms with Crippen LogP contribution in [0.2, 0.25) is 0 Å². The summed E-state index contributed by atoms with van der Waals surface area (Å²) in [7, 11) is 0. The van der Waals surface area contributed by atoms with E-state index in [2.05, 4.69) is 27.5 Å². The third-order valence-electron chi connectivity index (χ3n) is 2.51. The molecule has 0 saturated carbocycles. The maximum Gasteiger partial charge on any atom is 0.229 e. The van der Waals surface area contributed by atoms with Crippen LogP contribution in [0, 0.1) is 12.7 Å². The molecule has 0 saturated heterocycles. The predicted octanol–water partition coefficient (Wildman–Crippen LogP) is 3.49. The molecule has 0 fully saturated rings. The molecule has 2 aromatic rings. The minimum absolute atomic E-state index is 0.263. The zero-order valence-electron chi connectivity index (χ0n) is 11.1. The van der Waals surface area contributed by atoms with Crippen LogP contribution >= 0.6 is 0 Å². The number of hydrogen-bond donors (Lipinski definition) is 2. The summed E-state index contributed by atoms with van der Waals surface area (Å²) < 4.78 is 12.8. The van der Waals surface area contributed by atoms with E-state index in [0.29, 0.717) is 5.95 Å². The highest BCUT2D eigenvalue weighted by Crippen LogP contribution is 2.16. The Bertz CT molecular complexity index is 540. The monoisotopic (exact) mass is 260 g/mol. The van der Waals surface area contributed by atoms with Gasteiger partial charge in [0.05, 0.1) is 0 Å². The first-order valence-electron chi connectivity index (χ1n) is 6.29. The first kappa shape index (κ1) is 13.3. The van der Waals surface area contributed by atoms with Crippen LogP contribution in [0.1, 0.15) is 19.0 Å². The number of anilines is 3. The predicted molar refractivity (Wildman–Crippen MR) is 75.2 cm³/mol. The Morgan fingerprint density at radius 3 is 2.58 bits per heavy atom. The first-order chi connectivity index (χ1) is 9.17. The van der Waals surface area contributed by atoms with Gasteiger partial charge >= 0.3 is 0 Å². The molecule has 0 radical (unpaired) electrons. The van der Waals surface area contributed by atoms with Crippen molar-refractivity contribution in [2.45, 2.75) is 20.3 Å². The van der Waals surface area contributed by atoms with Gasteiger partial charge < -0.3 is 10.6 Å². The molecule has 0 spiro atoms. The molecule has 4 nitrogen and oxygen atoms in total. The molecule has 0 aliphatic rings. The van der Waals surface area contributed by atoms with Crippen molar-refractivity contribution in [3.63, 3.8) is 0 Å². The van der Waals surface area contributed by atoms with E-state index in [4.69, 9.17) is 0 Å². The van der Waals surface area contributed by atoms with Gasteiger partial charge in [-0.1, -0.05) is 6.92 Å². The van der Waals surface area contributed by atoms with Gasteiger partial charge in [-0.2, -0.15) is 4.98 Å². The maximum absolute atomic E-state index is 12.8. The van der Waals surface area contributed by atoms with Crippen LogP contribution in [0.25, 0.3) is 0 Å². The Balaban J connectivity index is 2.15. The Kier molecular flexibility index (Phi) is 4.28. The molecule has 0 atom stereocenters. The Labute approximate surface area is 112 Å². The third kappa shape index (κ3) is 3.91. The topological polar surface area (TPSA) is 49.8 Å². The van der Waals surface area contributed by atoms with Crippen LogP contribution < -0.4 is 10.6 Å². The van der Waals surface area contributed by atoms with Crippen LogP contribution in [-0.2, 0) is 0 Å². The van der Waals surface area contributed by atoms with Crippen LogP contribution in [0.15, 0.2) is 30.3 Å². The highest BCUT2D eigenvalue weighted by atomic mass is 19.1. The van der Waals surface area contributed by atoms with Crippen molar-refractivity contribution in [2.24, 2.45) is 0 Å². The van der Waals surface area contributed by atoms with Crippen molar-refractivity contribution in [2.75, 3.05) is 17.2 Å². The summed E-state index contributed by atoms with van der Waals surface area (Å²) in [6, 6.07) is 7.99. The van der Waals surface area contributed by atoms with Crippen LogP contribution in [-0.4, -0.2) is 16.5 Å². The van der Waals surface area contributed by atoms with E-state index in [0.717, 1.165) is 30.2 Å². The zero-order valence-corrected chi connectivity index (χ0v) is 11.1. The zero-order chi connectivity index (χ0) is 13.7. The SMILES string of the molecule is CCCNc1cc(C)nc(Nc2ccc(F)cc2)n1. The number of aromatic nitrogens is 2. The summed E-state index contributed by atoms with van der Waals surface area (Å²) in [5.41, 5.74) is 1.63. The molecular weight excluding hydrogens is 243 g/mol. The molecule has 0 amide bonds. The van der Waals surface area contributed by atoms with Crippen molar-refractivity contribution in [1.82, 2.24) is 9.97 Å². The molecule has 1 aromatic heterocycles. The highest BCUT2D eigenvalue weighted by Gasteiger charge is 2.02. The summed E-state index contributed by atoms with van der Waals surface area (Å²) in [6.45, 7) is 4.87. The van der Waals surface area contributed by atoms with Crippen LogP contribution in [0.5, 0.6) is 0 Å². The second-order valence-electron chi connectivity index (χ2n) is 4.28. The fourth-order valence-electron chi connectivity index (χ4n) is 1.63. The van der Waals surface area contributed by atoms with Gasteiger partial charge in [0.1, 0.15) is 11.6 Å². The van der Waals surface area contributed by atoms with Crippen molar-refractivity contribution in [3.05, 3.63) is 41.8 Å². The molecule has 19 heavy (non-hydrogen) atoms. The normalized spacial score (nSPS) is 10.3. The fourth-order valence-corrected chi connectivity index (χ4v) is 1.63. The minimum Gasteiger partial charge on any atom is -0.370 e. The number of nitrogens with one attached hydrogen (secondary N) is 2. The van der Waals surface area contributed by atoms with Gasteiger partial charge in [0, 0.05) is 24.0 Å². The fraction of sp³-hybridized carbons (Fsp3) is 0.286. The smallest absolute Gasteiger partial charge is 0.229 e. The van der Waals surface area contributed by atoms with E-state index in [1.54, 1.807) is 12.1 Å². The van der Waals surface area contributed by atoms with Crippen LogP contribution in [0.3, 0.4) is 0 Å². The molecule has 0 aliphatic carbocycles. The summed E-state index contributed by atoms with van der Waals surface area (Å²) in [4.78, 5) is 8.67. The maximum atomic E-state index is 12.8. The van der Waals surface area contributed by atoms with Gasteiger partial charge in [0.2, 0.25) is 5.95 Å². The molecule has 2 rings (SSSR count). The van der Waals surface area contributed by atoms with E-state index in [1.165, 1.54) is 12.1 Å². The molecule has 1 aromatic carbocycles. The Hall–Kier alpha value is -2.17. The van der Waals surface area contributed by atoms with Gasteiger partial charge in [0.25, 0.3) is 0 Å². The number of nitrogens with zero attached hydrogens (tertiary/aromatic N) is 2. The standard InChI is InChI=1S/C14H17FN4/c1-3-8-16-13-9-10(2)17-14(19-13)18-12-6-4-11(15)5-7-12/h4-7,9H,3,8H2,1-2H3,(H2,16,17,18,19). The van der Waals surface area contributed by atoms with E-state index >= 15 is 0 Å². The van der Waals surface area contributed by atoms with Gasteiger partial charge in [-0.3, -0.25) is 0 Å².